The molecule has 0 aliphatic heterocycles. The highest BCUT2D eigenvalue weighted by Gasteiger charge is 2.07. The van der Waals surface area contributed by atoms with Crippen LogP contribution < -0.4 is 5.73 Å². The third kappa shape index (κ3) is 3.21. The SMILES string of the molecule is CC(N)Cc1cccn1Cc1ccc(F)c(C#N)c1. The van der Waals surface area contributed by atoms with E-state index in [0.717, 1.165) is 17.7 Å². The molecule has 0 aliphatic rings. The third-order valence-corrected chi connectivity index (χ3v) is 2.96. The number of rotatable bonds is 4. The number of halogens is 1. The van der Waals surface area contributed by atoms with Gasteiger partial charge in [-0.05, 0) is 36.8 Å². The summed E-state index contributed by atoms with van der Waals surface area (Å²) in [5, 5.41) is 8.83. The van der Waals surface area contributed by atoms with Gasteiger partial charge in [-0.15, -0.1) is 0 Å². The van der Waals surface area contributed by atoms with Gasteiger partial charge < -0.3 is 10.3 Å². The Balaban J connectivity index is 2.22. The van der Waals surface area contributed by atoms with Crippen LogP contribution in [0.15, 0.2) is 36.5 Å². The molecule has 1 unspecified atom stereocenters. The fourth-order valence-electron chi connectivity index (χ4n) is 2.07. The standard InChI is InChI=1S/C15H16FN3/c1-11(18)7-14-3-2-6-19(14)10-12-4-5-15(16)13(8-12)9-17/h2-6,8,11H,7,10,18H2,1H3. The van der Waals surface area contributed by atoms with E-state index in [1.165, 1.54) is 6.07 Å². The van der Waals surface area contributed by atoms with Crippen LogP contribution >= 0.6 is 0 Å². The molecule has 0 aliphatic carbocycles. The first-order valence-corrected chi connectivity index (χ1v) is 6.18. The van der Waals surface area contributed by atoms with E-state index in [9.17, 15) is 4.39 Å². The summed E-state index contributed by atoms with van der Waals surface area (Å²) in [6, 6.07) is 10.6. The van der Waals surface area contributed by atoms with Crippen LogP contribution in [0.5, 0.6) is 0 Å². The van der Waals surface area contributed by atoms with Crippen LogP contribution in [-0.4, -0.2) is 10.6 Å². The maximum Gasteiger partial charge on any atom is 0.140 e. The molecule has 0 fully saturated rings. The van der Waals surface area contributed by atoms with E-state index in [-0.39, 0.29) is 11.6 Å². The third-order valence-electron chi connectivity index (χ3n) is 2.96. The predicted molar refractivity (Wildman–Crippen MR) is 72.0 cm³/mol. The van der Waals surface area contributed by atoms with E-state index in [4.69, 9.17) is 11.0 Å². The van der Waals surface area contributed by atoms with Crippen molar-refractivity contribution in [1.29, 1.82) is 5.26 Å². The summed E-state index contributed by atoms with van der Waals surface area (Å²) in [5.74, 6) is -0.477. The molecule has 0 spiro atoms. The van der Waals surface area contributed by atoms with Crippen LogP contribution in [0.3, 0.4) is 0 Å². The number of benzene rings is 1. The smallest absolute Gasteiger partial charge is 0.140 e. The Morgan fingerprint density at radius 1 is 1.42 bits per heavy atom. The van der Waals surface area contributed by atoms with Gasteiger partial charge in [0, 0.05) is 30.9 Å². The first-order chi connectivity index (χ1) is 9.10. The minimum Gasteiger partial charge on any atom is -0.347 e. The molecule has 2 N–H and O–H groups in total. The highest BCUT2D eigenvalue weighted by molar-refractivity contribution is 5.34. The van der Waals surface area contributed by atoms with Gasteiger partial charge in [-0.25, -0.2) is 4.39 Å². The Morgan fingerprint density at radius 2 is 2.21 bits per heavy atom. The quantitative estimate of drug-likeness (QED) is 0.914. The molecule has 1 heterocycles. The zero-order chi connectivity index (χ0) is 13.8. The van der Waals surface area contributed by atoms with Crippen molar-refractivity contribution in [2.24, 2.45) is 5.73 Å². The minimum absolute atomic E-state index is 0.0819. The van der Waals surface area contributed by atoms with Crippen LogP contribution in [-0.2, 0) is 13.0 Å². The number of hydrogen-bond acceptors (Lipinski definition) is 2. The van der Waals surface area contributed by atoms with Crippen molar-refractivity contribution in [3.8, 4) is 6.07 Å². The molecule has 1 aromatic heterocycles. The fourth-order valence-corrected chi connectivity index (χ4v) is 2.07. The molecule has 1 aromatic carbocycles. The molecule has 0 amide bonds. The molecule has 0 radical (unpaired) electrons. The van der Waals surface area contributed by atoms with Crippen LogP contribution in [0.4, 0.5) is 4.39 Å². The van der Waals surface area contributed by atoms with Gasteiger partial charge in [-0.1, -0.05) is 6.07 Å². The van der Waals surface area contributed by atoms with Crippen molar-refractivity contribution >= 4 is 0 Å². The van der Waals surface area contributed by atoms with E-state index >= 15 is 0 Å². The topological polar surface area (TPSA) is 54.7 Å². The molecular weight excluding hydrogens is 241 g/mol. The summed E-state index contributed by atoms with van der Waals surface area (Å²) in [6.45, 7) is 2.58. The van der Waals surface area contributed by atoms with Crippen LogP contribution in [0, 0.1) is 17.1 Å². The minimum atomic E-state index is -0.477. The lowest BCUT2D eigenvalue weighted by molar-refractivity contribution is 0.621. The Kier molecular flexibility index (Phi) is 3.98. The normalized spacial score (nSPS) is 12.1. The molecule has 0 saturated heterocycles. The Labute approximate surface area is 112 Å². The summed E-state index contributed by atoms with van der Waals surface area (Å²) >= 11 is 0. The van der Waals surface area contributed by atoms with Crippen molar-refractivity contribution in [1.82, 2.24) is 4.57 Å². The number of nitriles is 1. The highest BCUT2D eigenvalue weighted by Crippen LogP contribution is 2.13. The molecular formula is C15H16FN3. The molecule has 0 bridgehead atoms. The summed E-state index contributed by atoms with van der Waals surface area (Å²) in [6.07, 6.45) is 2.76. The maximum absolute atomic E-state index is 13.3. The summed E-state index contributed by atoms with van der Waals surface area (Å²) < 4.78 is 15.3. The zero-order valence-electron chi connectivity index (χ0n) is 10.8. The van der Waals surface area contributed by atoms with Gasteiger partial charge in [0.25, 0.3) is 0 Å². The van der Waals surface area contributed by atoms with E-state index < -0.39 is 5.82 Å². The van der Waals surface area contributed by atoms with Crippen LogP contribution in [0.2, 0.25) is 0 Å². The predicted octanol–water partition coefficient (Wildman–Crippen LogP) is 2.44. The van der Waals surface area contributed by atoms with E-state index in [2.05, 4.69) is 4.57 Å². The van der Waals surface area contributed by atoms with Crippen molar-refractivity contribution in [3.05, 3.63) is 59.2 Å². The van der Waals surface area contributed by atoms with Gasteiger partial charge in [0.05, 0.1) is 5.56 Å². The number of aromatic nitrogens is 1. The monoisotopic (exact) mass is 257 g/mol. The molecule has 4 heteroatoms. The van der Waals surface area contributed by atoms with Crippen LogP contribution in [0.1, 0.15) is 23.7 Å². The van der Waals surface area contributed by atoms with E-state index in [0.29, 0.717) is 6.54 Å². The van der Waals surface area contributed by atoms with Gasteiger partial charge in [-0.3, -0.25) is 0 Å². The molecule has 0 saturated carbocycles. The second kappa shape index (κ2) is 5.68. The lowest BCUT2D eigenvalue weighted by Crippen LogP contribution is -2.20. The maximum atomic E-state index is 13.3. The van der Waals surface area contributed by atoms with Gasteiger partial charge in [0.15, 0.2) is 0 Å². The van der Waals surface area contributed by atoms with E-state index in [1.54, 1.807) is 12.1 Å². The molecule has 3 nitrogen and oxygen atoms in total. The Hall–Kier alpha value is -2.12. The fraction of sp³-hybridized carbons (Fsp3) is 0.267. The number of nitrogens with two attached hydrogens (primary N) is 1. The van der Waals surface area contributed by atoms with Crippen LogP contribution in [0.25, 0.3) is 0 Å². The Morgan fingerprint density at radius 3 is 2.89 bits per heavy atom. The lowest BCUT2D eigenvalue weighted by Gasteiger charge is -2.11. The van der Waals surface area contributed by atoms with Crippen molar-refractivity contribution < 1.29 is 4.39 Å². The Bertz CT molecular complexity index is 608. The number of nitrogens with zero attached hydrogens (tertiary/aromatic N) is 2. The van der Waals surface area contributed by atoms with Crippen molar-refractivity contribution in [2.45, 2.75) is 25.9 Å². The average Bonchev–Trinajstić information content (AvgIpc) is 2.78. The molecule has 19 heavy (non-hydrogen) atoms. The number of hydrogen-bond donors (Lipinski definition) is 1. The summed E-state index contributed by atoms with van der Waals surface area (Å²) in [5.41, 5.74) is 7.93. The largest absolute Gasteiger partial charge is 0.347 e. The second-order valence-corrected chi connectivity index (χ2v) is 4.73. The first-order valence-electron chi connectivity index (χ1n) is 6.18. The van der Waals surface area contributed by atoms with Gasteiger partial charge in [0.2, 0.25) is 0 Å². The molecule has 1 atom stereocenters. The van der Waals surface area contributed by atoms with Crippen molar-refractivity contribution in [2.75, 3.05) is 0 Å². The van der Waals surface area contributed by atoms with Gasteiger partial charge in [0.1, 0.15) is 11.9 Å². The molecule has 2 rings (SSSR count). The van der Waals surface area contributed by atoms with Gasteiger partial charge >= 0.3 is 0 Å². The summed E-state index contributed by atoms with van der Waals surface area (Å²) in [7, 11) is 0. The first kappa shape index (κ1) is 13.3. The summed E-state index contributed by atoms with van der Waals surface area (Å²) in [4.78, 5) is 0. The lowest BCUT2D eigenvalue weighted by atomic mass is 10.1. The highest BCUT2D eigenvalue weighted by atomic mass is 19.1. The van der Waals surface area contributed by atoms with E-state index in [1.807, 2.05) is 31.3 Å². The molecule has 98 valence electrons. The van der Waals surface area contributed by atoms with Gasteiger partial charge in [-0.2, -0.15) is 5.26 Å². The van der Waals surface area contributed by atoms with Crippen molar-refractivity contribution in [3.63, 3.8) is 0 Å². The second-order valence-electron chi connectivity index (χ2n) is 4.73. The molecule has 2 aromatic rings. The zero-order valence-corrected chi connectivity index (χ0v) is 10.8. The average molecular weight is 257 g/mol.